The number of aromatic nitrogens is 1. The zero-order valence-corrected chi connectivity index (χ0v) is 13.4. The fourth-order valence-corrected chi connectivity index (χ4v) is 4.60. The predicted octanol–water partition coefficient (Wildman–Crippen LogP) is 1.68. The molecule has 0 aromatic carbocycles. The Morgan fingerprint density at radius 3 is 2.33 bits per heavy atom. The molecular formula is C10H18ClN3O2S2. The number of nitrogens with zero attached hydrogens (tertiary/aromatic N) is 3. The number of hydrogen-bond donors (Lipinski definition) is 0. The third kappa shape index (κ3) is 3.89. The molecular weight excluding hydrogens is 294 g/mol. The van der Waals surface area contributed by atoms with Crippen LogP contribution in [-0.4, -0.2) is 56.8 Å². The second-order valence-corrected chi connectivity index (χ2v) is 8.14. The summed E-state index contributed by atoms with van der Waals surface area (Å²) in [5.74, 6) is 0. The van der Waals surface area contributed by atoms with Crippen LogP contribution >= 0.6 is 22.9 Å². The van der Waals surface area contributed by atoms with Gasteiger partial charge in [0.2, 0.25) is 0 Å². The van der Waals surface area contributed by atoms with Gasteiger partial charge < -0.3 is 4.90 Å². The van der Waals surface area contributed by atoms with Crippen molar-refractivity contribution in [3.8, 4) is 0 Å². The minimum Gasteiger partial charge on any atom is -0.309 e. The third-order valence-electron chi connectivity index (χ3n) is 2.45. The molecule has 0 saturated heterocycles. The number of halogens is 1. The van der Waals surface area contributed by atoms with E-state index in [2.05, 4.69) is 4.98 Å². The number of aryl methyl sites for hydroxylation is 1. The van der Waals surface area contributed by atoms with E-state index in [9.17, 15) is 8.42 Å². The molecule has 0 saturated carbocycles. The second kappa shape index (κ2) is 6.29. The van der Waals surface area contributed by atoms with Crippen LogP contribution in [0.15, 0.2) is 4.21 Å². The first-order chi connectivity index (χ1) is 8.25. The van der Waals surface area contributed by atoms with Crippen LogP contribution in [-0.2, 0) is 10.0 Å². The summed E-state index contributed by atoms with van der Waals surface area (Å²) in [7, 11) is 2.04. The van der Waals surface area contributed by atoms with Gasteiger partial charge >= 0.3 is 0 Å². The summed E-state index contributed by atoms with van der Waals surface area (Å²) in [6, 6.07) is 0. The van der Waals surface area contributed by atoms with Crippen molar-refractivity contribution in [1.82, 2.24) is 14.2 Å². The van der Waals surface area contributed by atoms with E-state index in [0.29, 0.717) is 12.2 Å². The van der Waals surface area contributed by atoms with Crippen LogP contribution in [0.3, 0.4) is 0 Å². The van der Waals surface area contributed by atoms with Gasteiger partial charge in [0.05, 0.1) is 5.69 Å². The molecule has 0 aliphatic carbocycles. The Bertz CT molecular complexity index is 499. The van der Waals surface area contributed by atoms with Gasteiger partial charge in [-0.1, -0.05) is 22.9 Å². The van der Waals surface area contributed by atoms with E-state index < -0.39 is 10.0 Å². The van der Waals surface area contributed by atoms with Crippen LogP contribution in [0.5, 0.6) is 0 Å². The molecule has 0 spiro atoms. The average molecular weight is 312 g/mol. The van der Waals surface area contributed by atoms with E-state index in [1.807, 2.05) is 19.0 Å². The van der Waals surface area contributed by atoms with Crippen molar-refractivity contribution in [2.45, 2.75) is 17.6 Å². The first kappa shape index (κ1) is 15.8. The second-order valence-electron chi connectivity index (χ2n) is 4.32. The van der Waals surface area contributed by atoms with Gasteiger partial charge in [-0.25, -0.2) is 17.7 Å². The zero-order chi connectivity index (χ0) is 13.9. The molecule has 5 nitrogen and oxygen atoms in total. The molecule has 0 aliphatic rings. The van der Waals surface area contributed by atoms with E-state index in [1.165, 1.54) is 4.31 Å². The van der Waals surface area contributed by atoms with Gasteiger partial charge in [-0.05, 0) is 34.0 Å². The number of rotatable bonds is 6. The lowest BCUT2D eigenvalue weighted by atomic mass is 10.4. The molecule has 8 heteroatoms. The van der Waals surface area contributed by atoms with Crippen molar-refractivity contribution in [1.29, 1.82) is 0 Å². The Morgan fingerprint density at radius 2 is 1.89 bits per heavy atom. The summed E-state index contributed by atoms with van der Waals surface area (Å²) in [4.78, 5) is 5.96. The minimum absolute atomic E-state index is 0.236. The summed E-state index contributed by atoms with van der Waals surface area (Å²) < 4.78 is 26.4. The van der Waals surface area contributed by atoms with Crippen molar-refractivity contribution in [3.63, 3.8) is 0 Å². The van der Waals surface area contributed by atoms with Crippen LogP contribution in [0.1, 0.15) is 12.1 Å². The summed E-state index contributed by atoms with van der Waals surface area (Å²) in [5.41, 5.74) is 0.462. The van der Waals surface area contributed by atoms with Gasteiger partial charge in [0.1, 0.15) is 0 Å². The highest BCUT2D eigenvalue weighted by atomic mass is 35.5. The Morgan fingerprint density at radius 1 is 1.28 bits per heavy atom. The highest BCUT2D eigenvalue weighted by molar-refractivity contribution is 7.91. The van der Waals surface area contributed by atoms with Gasteiger partial charge in [0.15, 0.2) is 8.68 Å². The SMILES string of the molecule is Cc1nc(Cl)sc1S(=O)(=O)N(C)CCCN(C)C. The molecule has 0 radical (unpaired) electrons. The standard InChI is InChI=1S/C10H18ClN3O2S2/c1-8-9(17-10(11)12-8)18(15,16)14(4)7-5-6-13(2)3/h5-7H2,1-4H3. The summed E-state index contributed by atoms with van der Waals surface area (Å²) in [6.45, 7) is 2.99. The largest absolute Gasteiger partial charge is 0.309 e. The van der Waals surface area contributed by atoms with Crippen LogP contribution in [0.4, 0.5) is 0 Å². The fraction of sp³-hybridized carbons (Fsp3) is 0.700. The molecule has 0 aliphatic heterocycles. The molecule has 18 heavy (non-hydrogen) atoms. The molecule has 1 aromatic heterocycles. The Hall–Kier alpha value is -0.210. The maximum absolute atomic E-state index is 12.3. The van der Waals surface area contributed by atoms with E-state index in [-0.39, 0.29) is 8.68 Å². The van der Waals surface area contributed by atoms with E-state index in [4.69, 9.17) is 11.6 Å². The van der Waals surface area contributed by atoms with Gasteiger partial charge in [0, 0.05) is 13.6 Å². The molecule has 1 aromatic rings. The van der Waals surface area contributed by atoms with Crippen molar-refractivity contribution in [3.05, 3.63) is 10.2 Å². The molecule has 0 fully saturated rings. The quantitative estimate of drug-likeness (QED) is 0.802. The molecule has 0 bridgehead atoms. The van der Waals surface area contributed by atoms with Crippen molar-refractivity contribution in [2.75, 3.05) is 34.2 Å². The summed E-state index contributed by atoms with van der Waals surface area (Å²) >= 11 is 6.74. The lowest BCUT2D eigenvalue weighted by Gasteiger charge is -2.17. The van der Waals surface area contributed by atoms with Crippen LogP contribution in [0, 0.1) is 6.92 Å². The number of thiazole rings is 1. The topological polar surface area (TPSA) is 53.5 Å². The first-order valence-corrected chi connectivity index (χ1v) is 8.12. The molecule has 104 valence electrons. The van der Waals surface area contributed by atoms with E-state index >= 15 is 0 Å². The molecule has 0 atom stereocenters. The van der Waals surface area contributed by atoms with Crippen LogP contribution in [0.2, 0.25) is 4.47 Å². The summed E-state index contributed by atoms with van der Waals surface area (Å²) in [6.07, 6.45) is 0.786. The van der Waals surface area contributed by atoms with Gasteiger partial charge in [-0.15, -0.1) is 0 Å². The molecule has 0 unspecified atom stereocenters. The monoisotopic (exact) mass is 311 g/mol. The lowest BCUT2D eigenvalue weighted by molar-refractivity contribution is 0.370. The molecule has 1 rings (SSSR count). The average Bonchev–Trinajstić information content (AvgIpc) is 2.57. The van der Waals surface area contributed by atoms with Crippen LogP contribution in [0.25, 0.3) is 0 Å². The highest BCUT2D eigenvalue weighted by Gasteiger charge is 2.25. The van der Waals surface area contributed by atoms with Gasteiger partial charge in [0.25, 0.3) is 10.0 Å². The fourth-order valence-electron chi connectivity index (χ4n) is 1.46. The molecule has 0 amide bonds. The zero-order valence-electron chi connectivity index (χ0n) is 11.0. The molecule has 0 N–H and O–H groups in total. The van der Waals surface area contributed by atoms with Gasteiger partial charge in [-0.3, -0.25) is 0 Å². The molecule has 1 heterocycles. The van der Waals surface area contributed by atoms with Crippen molar-refractivity contribution < 1.29 is 8.42 Å². The minimum atomic E-state index is -3.46. The predicted molar refractivity (Wildman–Crippen MR) is 74.8 cm³/mol. The summed E-state index contributed by atoms with van der Waals surface area (Å²) in [5, 5.41) is 0. The Balaban J connectivity index is 2.77. The Kier molecular flexibility index (Phi) is 5.54. The number of hydrogen-bond acceptors (Lipinski definition) is 5. The maximum atomic E-state index is 12.3. The van der Waals surface area contributed by atoms with Crippen molar-refractivity contribution in [2.24, 2.45) is 0 Å². The smallest absolute Gasteiger partial charge is 0.254 e. The maximum Gasteiger partial charge on any atom is 0.254 e. The lowest BCUT2D eigenvalue weighted by Crippen LogP contribution is -2.29. The van der Waals surface area contributed by atoms with E-state index in [1.54, 1.807) is 14.0 Å². The van der Waals surface area contributed by atoms with E-state index in [0.717, 1.165) is 24.3 Å². The van der Waals surface area contributed by atoms with Crippen LogP contribution < -0.4 is 0 Å². The van der Waals surface area contributed by atoms with Crippen molar-refractivity contribution >= 4 is 33.0 Å². The third-order valence-corrected chi connectivity index (χ3v) is 6.16. The Labute approximate surface area is 117 Å². The number of sulfonamides is 1. The normalized spacial score (nSPS) is 12.6. The highest BCUT2D eigenvalue weighted by Crippen LogP contribution is 2.28. The van der Waals surface area contributed by atoms with Gasteiger partial charge in [-0.2, -0.15) is 0 Å². The first-order valence-electron chi connectivity index (χ1n) is 5.49.